The first kappa shape index (κ1) is 14.3. The van der Waals surface area contributed by atoms with E-state index < -0.39 is 5.97 Å². The van der Waals surface area contributed by atoms with Gasteiger partial charge in [-0.3, -0.25) is 0 Å². The molecule has 6 heteroatoms. The molecule has 0 fully saturated rings. The Morgan fingerprint density at radius 3 is 2.75 bits per heavy atom. The predicted octanol–water partition coefficient (Wildman–Crippen LogP) is 2.83. The number of carbonyl (C=O) groups is 1. The van der Waals surface area contributed by atoms with E-state index in [9.17, 15) is 4.79 Å². The van der Waals surface area contributed by atoms with Crippen LogP contribution in [0.15, 0.2) is 23.6 Å². The molecule has 20 heavy (non-hydrogen) atoms. The van der Waals surface area contributed by atoms with Gasteiger partial charge in [-0.05, 0) is 25.1 Å². The highest BCUT2D eigenvalue weighted by Crippen LogP contribution is 2.25. The maximum Gasteiger partial charge on any atom is 0.341 e. The number of carbonyl (C=O) groups excluding carboxylic acids is 1. The number of aryl methyl sites for hydroxylation is 1. The normalized spacial score (nSPS) is 10.2. The summed E-state index contributed by atoms with van der Waals surface area (Å²) in [7, 11) is 2.87. The summed E-state index contributed by atoms with van der Waals surface area (Å²) in [5, 5.41) is 2.91. The molecule has 106 valence electrons. The van der Waals surface area contributed by atoms with E-state index in [2.05, 4.69) is 4.98 Å². The summed E-state index contributed by atoms with van der Waals surface area (Å²) >= 11 is 1.56. The molecular formula is C14H15NO4S. The largest absolute Gasteiger partial charge is 0.497 e. The lowest BCUT2D eigenvalue weighted by atomic mass is 10.2. The maximum absolute atomic E-state index is 11.7. The first-order valence-corrected chi connectivity index (χ1v) is 6.82. The number of nitrogens with zero attached hydrogens (tertiary/aromatic N) is 1. The number of thiazole rings is 1. The molecule has 1 aromatic heterocycles. The second-order valence-corrected chi connectivity index (χ2v) is 5.06. The number of ether oxygens (including phenoxy) is 3. The van der Waals surface area contributed by atoms with Gasteiger partial charge in [0.25, 0.3) is 0 Å². The van der Waals surface area contributed by atoms with Crippen LogP contribution in [0.2, 0.25) is 0 Å². The highest BCUT2D eigenvalue weighted by Gasteiger charge is 2.15. The zero-order valence-corrected chi connectivity index (χ0v) is 12.3. The number of benzene rings is 1. The molecule has 0 radical (unpaired) electrons. The smallest absolute Gasteiger partial charge is 0.341 e. The van der Waals surface area contributed by atoms with Crippen LogP contribution >= 0.6 is 11.3 Å². The van der Waals surface area contributed by atoms with E-state index in [-0.39, 0.29) is 0 Å². The van der Waals surface area contributed by atoms with Crippen molar-refractivity contribution in [2.45, 2.75) is 13.5 Å². The van der Waals surface area contributed by atoms with Crippen molar-refractivity contribution in [2.75, 3.05) is 14.2 Å². The average molecular weight is 293 g/mol. The van der Waals surface area contributed by atoms with Gasteiger partial charge in [0.05, 0.1) is 24.9 Å². The van der Waals surface area contributed by atoms with E-state index in [1.807, 2.05) is 12.3 Å². The van der Waals surface area contributed by atoms with Gasteiger partial charge in [0.15, 0.2) is 0 Å². The Kier molecular flexibility index (Phi) is 4.57. The van der Waals surface area contributed by atoms with Crippen LogP contribution in [0, 0.1) is 6.92 Å². The van der Waals surface area contributed by atoms with E-state index in [1.54, 1.807) is 29.5 Å². The van der Waals surface area contributed by atoms with Crippen LogP contribution in [0.1, 0.15) is 21.1 Å². The standard InChI is InChI=1S/C14H15NO4S/c1-9-15-10(8-20-9)7-19-13-5-4-11(17-2)6-12(13)14(16)18-3/h4-6,8H,7H2,1-3H3. The minimum Gasteiger partial charge on any atom is -0.497 e. The maximum atomic E-state index is 11.7. The molecule has 0 spiro atoms. The van der Waals surface area contributed by atoms with Crippen molar-refractivity contribution in [3.8, 4) is 11.5 Å². The zero-order chi connectivity index (χ0) is 14.5. The number of hydrogen-bond acceptors (Lipinski definition) is 6. The monoisotopic (exact) mass is 293 g/mol. The van der Waals surface area contributed by atoms with Crippen molar-refractivity contribution in [1.29, 1.82) is 0 Å². The summed E-state index contributed by atoms with van der Waals surface area (Å²) < 4.78 is 15.5. The molecule has 0 unspecified atom stereocenters. The third-order valence-corrected chi connectivity index (χ3v) is 3.46. The summed E-state index contributed by atoms with van der Waals surface area (Å²) in [6.45, 7) is 2.24. The molecule has 0 aliphatic carbocycles. The lowest BCUT2D eigenvalue weighted by molar-refractivity contribution is 0.0595. The van der Waals surface area contributed by atoms with Crippen LogP contribution in [0.5, 0.6) is 11.5 Å². The summed E-state index contributed by atoms with van der Waals surface area (Å²) in [6, 6.07) is 5.01. The van der Waals surface area contributed by atoms with Gasteiger partial charge in [-0.15, -0.1) is 11.3 Å². The fraction of sp³-hybridized carbons (Fsp3) is 0.286. The minimum absolute atomic E-state index is 0.306. The first-order valence-electron chi connectivity index (χ1n) is 5.94. The van der Waals surface area contributed by atoms with Gasteiger partial charge in [-0.25, -0.2) is 9.78 Å². The van der Waals surface area contributed by atoms with Gasteiger partial charge in [-0.2, -0.15) is 0 Å². The number of esters is 1. The Labute approximate surface area is 121 Å². The molecule has 0 aliphatic heterocycles. The Morgan fingerprint density at radius 1 is 1.35 bits per heavy atom. The highest BCUT2D eigenvalue weighted by molar-refractivity contribution is 7.09. The predicted molar refractivity (Wildman–Crippen MR) is 75.5 cm³/mol. The molecular weight excluding hydrogens is 278 g/mol. The molecule has 0 amide bonds. The zero-order valence-electron chi connectivity index (χ0n) is 11.5. The molecule has 0 saturated carbocycles. The number of hydrogen-bond donors (Lipinski definition) is 0. The van der Waals surface area contributed by atoms with Crippen molar-refractivity contribution in [3.05, 3.63) is 39.8 Å². The summed E-state index contributed by atoms with van der Waals surface area (Å²) in [4.78, 5) is 16.1. The van der Waals surface area contributed by atoms with E-state index in [0.29, 0.717) is 23.7 Å². The van der Waals surface area contributed by atoms with Crippen molar-refractivity contribution < 1.29 is 19.0 Å². The second kappa shape index (κ2) is 6.38. The van der Waals surface area contributed by atoms with Gasteiger partial charge in [0.2, 0.25) is 0 Å². The molecule has 1 heterocycles. The summed E-state index contributed by atoms with van der Waals surface area (Å²) in [5.41, 5.74) is 1.16. The Hall–Kier alpha value is -2.08. The third kappa shape index (κ3) is 3.27. The van der Waals surface area contributed by atoms with Crippen molar-refractivity contribution in [2.24, 2.45) is 0 Å². The van der Waals surface area contributed by atoms with E-state index in [1.165, 1.54) is 14.2 Å². The molecule has 0 atom stereocenters. The topological polar surface area (TPSA) is 57.7 Å². The molecule has 2 aromatic rings. The Morgan fingerprint density at radius 2 is 2.15 bits per heavy atom. The quantitative estimate of drug-likeness (QED) is 0.793. The second-order valence-electron chi connectivity index (χ2n) is 4.00. The number of methoxy groups -OCH3 is 2. The molecule has 0 saturated heterocycles. The molecule has 0 aliphatic rings. The van der Waals surface area contributed by atoms with Gasteiger partial charge < -0.3 is 14.2 Å². The van der Waals surface area contributed by atoms with E-state index >= 15 is 0 Å². The number of aromatic nitrogens is 1. The van der Waals surface area contributed by atoms with Gasteiger partial charge >= 0.3 is 5.97 Å². The highest BCUT2D eigenvalue weighted by atomic mass is 32.1. The SMILES string of the molecule is COC(=O)c1cc(OC)ccc1OCc1csc(C)n1. The van der Waals surface area contributed by atoms with Crippen LogP contribution in [-0.4, -0.2) is 25.2 Å². The summed E-state index contributed by atoms with van der Waals surface area (Å²) in [6.07, 6.45) is 0. The molecule has 0 N–H and O–H groups in total. The lowest BCUT2D eigenvalue weighted by Gasteiger charge is -2.10. The number of rotatable bonds is 5. The van der Waals surface area contributed by atoms with Gasteiger partial charge in [-0.1, -0.05) is 0 Å². The molecule has 5 nitrogen and oxygen atoms in total. The van der Waals surface area contributed by atoms with Crippen LogP contribution in [0.25, 0.3) is 0 Å². The van der Waals surface area contributed by atoms with Crippen molar-refractivity contribution >= 4 is 17.3 Å². The van der Waals surface area contributed by atoms with Gasteiger partial charge in [0, 0.05) is 5.38 Å². The van der Waals surface area contributed by atoms with Crippen molar-refractivity contribution in [1.82, 2.24) is 4.98 Å². The van der Waals surface area contributed by atoms with Crippen molar-refractivity contribution in [3.63, 3.8) is 0 Å². The first-order chi connectivity index (χ1) is 9.63. The van der Waals surface area contributed by atoms with Crippen LogP contribution < -0.4 is 9.47 Å². The van der Waals surface area contributed by atoms with Gasteiger partial charge in [0.1, 0.15) is 23.7 Å². The molecule has 0 bridgehead atoms. The minimum atomic E-state index is -0.464. The Balaban J connectivity index is 2.19. The van der Waals surface area contributed by atoms with E-state index in [0.717, 1.165) is 10.7 Å². The molecule has 2 rings (SSSR count). The third-order valence-electron chi connectivity index (χ3n) is 2.63. The lowest BCUT2D eigenvalue weighted by Crippen LogP contribution is -2.06. The van der Waals surface area contributed by atoms with Crippen LogP contribution in [-0.2, 0) is 11.3 Å². The fourth-order valence-electron chi connectivity index (χ4n) is 1.66. The fourth-order valence-corrected chi connectivity index (χ4v) is 2.25. The van der Waals surface area contributed by atoms with Crippen LogP contribution in [0.4, 0.5) is 0 Å². The van der Waals surface area contributed by atoms with Crippen LogP contribution in [0.3, 0.4) is 0 Å². The summed E-state index contributed by atoms with van der Waals surface area (Å²) in [5.74, 6) is 0.555. The van der Waals surface area contributed by atoms with E-state index in [4.69, 9.17) is 14.2 Å². The average Bonchev–Trinajstić information content (AvgIpc) is 2.89. The molecule has 1 aromatic carbocycles. The Bertz CT molecular complexity index is 609.